The normalized spacial score (nSPS) is 11.5. The Balaban J connectivity index is 1.46. The van der Waals surface area contributed by atoms with Gasteiger partial charge in [-0.15, -0.1) is 15.3 Å². The van der Waals surface area contributed by atoms with E-state index in [2.05, 4.69) is 32.7 Å². The molecule has 0 amide bonds. The van der Waals surface area contributed by atoms with Crippen LogP contribution in [-0.4, -0.2) is 32.6 Å². The standard InChI is InChI=1S/C21H22N6O/c1-2-3-6-13-28-17-11-9-16(10-12-17)14-22-24-20-18-7-4-5-8-19(18)21-25-23-15-27(21)26-20/h4-5,7-12,14-15H,2-3,6,13H2,1H3,(H,24,26)/b22-14+. The molecule has 0 saturated heterocycles. The number of aromatic nitrogens is 4. The maximum atomic E-state index is 5.73. The van der Waals surface area contributed by atoms with E-state index in [-0.39, 0.29) is 0 Å². The number of hydrogen-bond donors (Lipinski definition) is 1. The van der Waals surface area contributed by atoms with Gasteiger partial charge in [-0.1, -0.05) is 44.0 Å². The smallest absolute Gasteiger partial charge is 0.185 e. The molecule has 0 fully saturated rings. The van der Waals surface area contributed by atoms with E-state index in [1.807, 2.05) is 48.5 Å². The van der Waals surface area contributed by atoms with Gasteiger partial charge >= 0.3 is 0 Å². The molecule has 7 nitrogen and oxygen atoms in total. The first-order valence-corrected chi connectivity index (χ1v) is 9.46. The molecular formula is C21H22N6O. The van der Waals surface area contributed by atoms with E-state index in [0.717, 1.165) is 40.8 Å². The summed E-state index contributed by atoms with van der Waals surface area (Å²) < 4.78 is 7.38. The molecule has 0 spiro atoms. The zero-order valence-corrected chi connectivity index (χ0v) is 15.7. The zero-order chi connectivity index (χ0) is 19.2. The molecule has 7 heteroatoms. The van der Waals surface area contributed by atoms with Crippen LogP contribution in [0.15, 0.2) is 60.0 Å². The number of anilines is 1. The number of hydrogen-bond acceptors (Lipinski definition) is 6. The monoisotopic (exact) mass is 374 g/mol. The van der Waals surface area contributed by atoms with Crippen molar-refractivity contribution >= 4 is 28.5 Å². The first-order valence-electron chi connectivity index (χ1n) is 9.46. The average molecular weight is 374 g/mol. The molecule has 0 radical (unpaired) electrons. The van der Waals surface area contributed by atoms with Crippen molar-refractivity contribution in [3.8, 4) is 5.75 Å². The second-order valence-electron chi connectivity index (χ2n) is 6.49. The molecule has 0 aliphatic heterocycles. The minimum Gasteiger partial charge on any atom is -0.494 e. The van der Waals surface area contributed by atoms with Crippen LogP contribution in [0.3, 0.4) is 0 Å². The summed E-state index contributed by atoms with van der Waals surface area (Å²) in [4.78, 5) is 0. The van der Waals surface area contributed by atoms with Crippen molar-refractivity contribution in [3.63, 3.8) is 0 Å². The Hall–Kier alpha value is -3.48. The minimum atomic E-state index is 0.648. The molecule has 0 saturated carbocycles. The van der Waals surface area contributed by atoms with E-state index < -0.39 is 0 Å². The van der Waals surface area contributed by atoms with Gasteiger partial charge in [-0.05, 0) is 36.2 Å². The Kier molecular flexibility index (Phi) is 5.42. The molecule has 0 aliphatic carbocycles. The molecule has 142 valence electrons. The summed E-state index contributed by atoms with van der Waals surface area (Å²) in [6, 6.07) is 15.8. The highest BCUT2D eigenvalue weighted by molar-refractivity contribution is 5.99. The molecule has 0 unspecified atom stereocenters. The lowest BCUT2D eigenvalue weighted by Crippen LogP contribution is -2.00. The molecule has 28 heavy (non-hydrogen) atoms. The van der Waals surface area contributed by atoms with Crippen molar-refractivity contribution in [2.24, 2.45) is 5.10 Å². The number of nitrogens with zero attached hydrogens (tertiary/aromatic N) is 5. The van der Waals surface area contributed by atoms with Gasteiger partial charge in [0.2, 0.25) is 0 Å². The van der Waals surface area contributed by atoms with Gasteiger partial charge in [0.15, 0.2) is 11.5 Å². The van der Waals surface area contributed by atoms with E-state index >= 15 is 0 Å². The molecular weight excluding hydrogens is 352 g/mol. The van der Waals surface area contributed by atoms with E-state index in [4.69, 9.17) is 4.74 Å². The summed E-state index contributed by atoms with van der Waals surface area (Å²) in [5.74, 6) is 1.53. The van der Waals surface area contributed by atoms with Gasteiger partial charge in [0.05, 0.1) is 12.8 Å². The highest BCUT2D eigenvalue weighted by atomic mass is 16.5. The predicted octanol–water partition coefficient (Wildman–Crippen LogP) is 4.29. The maximum absolute atomic E-state index is 5.73. The van der Waals surface area contributed by atoms with E-state index in [0.29, 0.717) is 5.82 Å². The topological polar surface area (TPSA) is 76.7 Å². The first kappa shape index (κ1) is 17.9. The SMILES string of the molecule is CCCCCOc1ccc(/C=N/Nc2nn3cnnc3c3ccccc23)cc1. The van der Waals surface area contributed by atoms with Crippen LogP contribution in [0, 0.1) is 0 Å². The number of benzene rings is 2. The van der Waals surface area contributed by atoms with Crippen LogP contribution in [0.4, 0.5) is 5.82 Å². The third-order valence-electron chi connectivity index (χ3n) is 4.44. The van der Waals surface area contributed by atoms with Crippen molar-refractivity contribution in [3.05, 3.63) is 60.4 Å². The fraction of sp³-hybridized carbons (Fsp3) is 0.238. The highest BCUT2D eigenvalue weighted by Crippen LogP contribution is 2.23. The Morgan fingerprint density at radius 1 is 1.07 bits per heavy atom. The molecule has 4 rings (SSSR count). The molecule has 0 aliphatic rings. The quantitative estimate of drug-likeness (QED) is 0.283. The summed E-state index contributed by atoms with van der Waals surface area (Å²) >= 11 is 0. The van der Waals surface area contributed by atoms with E-state index in [1.54, 1.807) is 17.1 Å². The third kappa shape index (κ3) is 3.93. The van der Waals surface area contributed by atoms with Crippen LogP contribution in [-0.2, 0) is 0 Å². The first-order chi connectivity index (χ1) is 13.8. The fourth-order valence-corrected chi connectivity index (χ4v) is 2.97. The Labute approximate surface area is 163 Å². The number of nitrogens with one attached hydrogen (secondary N) is 1. The van der Waals surface area contributed by atoms with Crippen molar-refractivity contribution in [2.45, 2.75) is 26.2 Å². The third-order valence-corrected chi connectivity index (χ3v) is 4.44. The van der Waals surface area contributed by atoms with E-state index in [9.17, 15) is 0 Å². The van der Waals surface area contributed by atoms with Gasteiger partial charge in [0, 0.05) is 10.8 Å². The number of rotatable bonds is 8. The number of hydrazone groups is 1. The van der Waals surface area contributed by atoms with Crippen molar-refractivity contribution < 1.29 is 4.74 Å². The van der Waals surface area contributed by atoms with Crippen LogP contribution in [0.5, 0.6) is 5.75 Å². The predicted molar refractivity (Wildman–Crippen MR) is 111 cm³/mol. The van der Waals surface area contributed by atoms with Gasteiger partial charge in [-0.2, -0.15) is 9.62 Å². The molecule has 0 bridgehead atoms. The second-order valence-corrected chi connectivity index (χ2v) is 6.49. The lowest BCUT2D eigenvalue weighted by molar-refractivity contribution is 0.306. The van der Waals surface area contributed by atoms with Gasteiger partial charge in [-0.25, -0.2) is 0 Å². The van der Waals surface area contributed by atoms with Crippen LogP contribution in [0.2, 0.25) is 0 Å². The van der Waals surface area contributed by atoms with Gasteiger partial charge in [0.1, 0.15) is 12.1 Å². The van der Waals surface area contributed by atoms with Crippen molar-refractivity contribution in [1.82, 2.24) is 19.8 Å². The van der Waals surface area contributed by atoms with Crippen LogP contribution in [0.25, 0.3) is 16.4 Å². The number of ether oxygens (including phenoxy) is 1. The van der Waals surface area contributed by atoms with Gasteiger partial charge < -0.3 is 4.74 Å². The Morgan fingerprint density at radius 3 is 2.71 bits per heavy atom. The summed E-state index contributed by atoms with van der Waals surface area (Å²) in [5, 5.41) is 18.8. The zero-order valence-electron chi connectivity index (χ0n) is 15.7. The van der Waals surface area contributed by atoms with Crippen LogP contribution >= 0.6 is 0 Å². The Morgan fingerprint density at radius 2 is 1.89 bits per heavy atom. The average Bonchev–Trinajstić information content (AvgIpc) is 3.21. The Bertz CT molecular complexity index is 1090. The summed E-state index contributed by atoms with van der Waals surface area (Å²) in [7, 11) is 0. The van der Waals surface area contributed by atoms with Crippen molar-refractivity contribution in [1.29, 1.82) is 0 Å². The molecule has 2 aromatic heterocycles. The maximum Gasteiger partial charge on any atom is 0.185 e. The van der Waals surface area contributed by atoms with E-state index in [1.165, 1.54) is 12.8 Å². The van der Waals surface area contributed by atoms with Crippen molar-refractivity contribution in [2.75, 3.05) is 12.0 Å². The summed E-state index contributed by atoms with van der Waals surface area (Å²) in [6.07, 6.45) is 6.81. The minimum absolute atomic E-state index is 0.648. The lowest BCUT2D eigenvalue weighted by Gasteiger charge is -2.06. The van der Waals surface area contributed by atoms with Crippen LogP contribution < -0.4 is 10.2 Å². The molecule has 0 atom stereocenters. The molecule has 4 aromatic rings. The summed E-state index contributed by atoms with van der Waals surface area (Å²) in [6.45, 7) is 2.94. The fourth-order valence-electron chi connectivity index (χ4n) is 2.97. The highest BCUT2D eigenvalue weighted by Gasteiger charge is 2.08. The van der Waals surface area contributed by atoms with Gasteiger partial charge in [0.25, 0.3) is 0 Å². The lowest BCUT2D eigenvalue weighted by atomic mass is 10.2. The number of unbranched alkanes of at least 4 members (excludes halogenated alkanes) is 2. The summed E-state index contributed by atoms with van der Waals surface area (Å²) in [5.41, 5.74) is 4.73. The second kappa shape index (κ2) is 8.47. The van der Waals surface area contributed by atoms with Gasteiger partial charge in [-0.3, -0.25) is 5.43 Å². The van der Waals surface area contributed by atoms with Crippen LogP contribution in [0.1, 0.15) is 31.7 Å². The molecule has 2 aromatic carbocycles. The largest absolute Gasteiger partial charge is 0.494 e. The molecule has 2 heterocycles. The molecule has 1 N–H and O–H groups in total. The number of fused-ring (bicyclic) bond motifs is 3.